The minimum Gasteiger partial charge on any atom is -0.389 e. The summed E-state index contributed by atoms with van der Waals surface area (Å²) in [7, 11) is 3.39. The zero-order valence-corrected chi connectivity index (χ0v) is 10.0. The fourth-order valence-electron chi connectivity index (χ4n) is 1.13. The van der Waals surface area contributed by atoms with Crippen molar-refractivity contribution in [1.82, 2.24) is 10.3 Å². The zero-order chi connectivity index (χ0) is 12.1. The number of hydrogen-bond donors (Lipinski definition) is 2. The van der Waals surface area contributed by atoms with Gasteiger partial charge in [0.2, 0.25) is 5.91 Å². The first kappa shape index (κ1) is 12.4. The number of nitrogens with one attached hydrogen (secondary N) is 1. The highest BCUT2D eigenvalue weighted by Crippen LogP contribution is 2.08. The van der Waals surface area contributed by atoms with Gasteiger partial charge in [0, 0.05) is 25.9 Å². The highest BCUT2D eigenvalue weighted by molar-refractivity contribution is 7.80. The first-order valence-corrected chi connectivity index (χ1v) is 5.13. The summed E-state index contributed by atoms with van der Waals surface area (Å²) in [6.45, 7) is 0.260. The largest absolute Gasteiger partial charge is 0.389 e. The normalized spacial score (nSPS) is 9.62. The molecule has 1 aromatic rings. The summed E-state index contributed by atoms with van der Waals surface area (Å²) in [6, 6.07) is 3.56. The molecular formula is C10H14N4OS. The number of amides is 1. The van der Waals surface area contributed by atoms with Gasteiger partial charge < -0.3 is 16.0 Å². The SMILES string of the molecule is CNC(=O)CN(C)c1ccc(C(N)=S)cn1. The molecule has 0 aliphatic heterocycles. The van der Waals surface area contributed by atoms with Crippen LogP contribution in [-0.2, 0) is 4.79 Å². The Balaban J connectivity index is 2.73. The molecule has 0 saturated heterocycles. The lowest BCUT2D eigenvalue weighted by molar-refractivity contribution is -0.119. The summed E-state index contributed by atoms with van der Waals surface area (Å²) in [5, 5.41) is 2.55. The van der Waals surface area contributed by atoms with Crippen LogP contribution >= 0.6 is 12.2 Å². The number of nitrogens with two attached hydrogens (primary N) is 1. The molecule has 86 valence electrons. The Bertz CT molecular complexity index is 390. The maximum absolute atomic E-state index is 11.1. The molecule has 0 spiro atoms. The van der Waals surface area contributed by atoms with Gasteiger partial charge in [-0.15, -0.1) is 0 Å². The average molecular weight is 238 g/mol. The van der Waals surface area contributed by atoms with Crippen LogP contribution in [-0.4, -0.2) is 36.5 Å². The minimum atomic E-state index is -0.0669. The van der Waals surface area contributed by atoms with Gasteiger partial charge in [-0.3, -0.25) is 4.79 Å². The van der Waals surface area contributed by atoms with Gasteiger partial charge in [-0.2, -0.15) is 0 Å². The monoisotopic (exact) mass is 238 g/mol. The molecule has 0 fully saturated rings. The van der Waals surface area contributed by atoms with Gasteiger partial charge in [0.05, 0.1) is 6.54 Å². The van der Waals surface area contributed by atoms with E-state index >= 15 is 0 Å². The summed E-state index contributed by atoms with van der Waals surface area (Å²) in [4.78, 5) is 17.4. The van der Waals surface area contributed by atoms with E-state index in [4.69, 9.17) is 18.0 Å². The van der Waals surface area contributed by atoms with Crippen molar-refractivity contribution in [2.75, 3.05) is 25.5 Å². The standard InChI is InChI=1S/C10H14N4OS/c1-12-9(15)6-14(2)8-4-3-7(5-13-8)10(11)16/h3-5H,6H2,1-2H3,(H2,11,16)(H,12,15). The first-order valence-electron chi connectivity index (χ1n) is 4.72. The predicted octanol–water partition coefficient (Wildman–Crippen LogP) is -0.102. The number of likely N-dealkylation sites (N-methyl/N-ethyl adjacent to an activating group) is 2. The molecule has 0 aliphatic rings. The molecule has 0 aromatic carbocycles. The van der Waals surface area contributed by atoms with Gasteiger partial charge in [0.25, 0.3) is 0 Å². The molecular weight excluding hydrogens is 224 g/mol. The Hall–Kier alpha value is -1.69. The van der Waals surface area contributed by atoms with Crippen molar-refractivity contribution in [2.45, 2.75) is 0 Å². The second kappa shape index (κ2) is 5.41. The summed E-state index contributed by atoms with van der Waals surface area (Å²) in [6.07, 6.45) is 1.60. The Morgan fingerprint density at radius 1 is 1.62 bits per heavy atom. The second-order valence-electron chi connectivity index (χ2n) is 3.30. The Morgan fingerprint density at radius 3 is 2.75 bits per heavy atom. The van der Waals surface area contributed by atoms with Crippen molar-refractivity contribution in [3.63, 3.8) is 0 Å². The summed E-state index contributed by atoms with van der Waals surface area (Å²) >= 11 is 4.82. The van der Waals surface area contributed by atoms with E-state index in [1.165, 1.54) is 0 Å². The van der Waals surface area contributed by atoms with E-state index in [-0.39, 0.29) is 12.5 Å². The fraction of sp³-hybridized carbons (Fsp3) is 0.300. The van der Waals surface area contributed by atoms with Crippen molar-refractivity contribution in [2.24, 2.45) is 5.73 Å². The third kappa shape index (κ3) is 3.16. The second-order valence-corrected chi connectivity index (χ2v) is 3.74. The van der Waals surface area contributed by atoms with Crippen LogP contribution in [0.4, 0.5) is 5.82 Å². The van der Waals surface area contributed by atoms with Gasteiger partial charge in [0.15, 0.2) is 0 Å². The van der Waals surface area contributed by atoms with Crippen molar-refractivity contribution < 1.29 is 4.79 Å². The number of hydrogen-bond acceptors (Lipinski definition) is 4. The maximum atomic E-state index is 11.1. The topological polar surface area (TPSA) is 71.2 Å². The van der Waals surface area contributed by atoms with Crippen molar-refractivity contribution in [3.8, 4) is 0 Å². The number of nitrogens with zero attached hydrogens (tertiary/aromatic N) is 2. The van der Waals surface area contributed by atoms with Crippen LogP contribution in [0.5, 0.6) is 0 Å². The van der Waals surface area contributed by atoms with Crippen LogP contribution in [0.2, 0.25) is 0 Å². The number of pyridine rings is 1. The van der Waals surface area contributed by atoms with E-state index in [2.05, 4.69) is 10.3 Å². The van der Waals surface area contributed by atoms with E-state index < -0.39 is 0 Å². The predicted molar refractivity (Wildman–Crippen MR) is 67.5 cm³/mol. The van der Waals surface area contributed by atoms with Crippen LogP contribution in [0.25, 0.3) is 0 Å². The van der Waals surface area contributed by atoms with E-state index in [1.54, 1.807) is 37.3 Å². The molecule has 6 heteroatoms. The molecule has 1 amide bonds. The third-order valence-electron chi connectivity index (χ3n) is 2.08. The van der Waals surface area contributed by atoms with Crippen LogP contribution < -0.4 is 16.0 Å². The highest BCUT2D eigenvalue weighted by Gasteiger charge is 2.07. The number of thiocarbonyl (C=S) groups is 1. The van der Waals surface area contributed by atoms with E-state index in [1.807, 2.05) is 0 Å². The Morgan fingerprint density at radius 2 is 2.31 bits per heavy atom. The van der Waals surface area contributed by atoms with Crippen LogP contribution in [0.3, 0.4) is 0 Å². The van der Waals surface area contributed by atoms with Gasteiger partial charge in [-0.1, -0.05) is 12.2 Å². The van der Waals surface area contributed by atoms with Crippen molar-refractivity contribution in [3.05, 3.63) is 23.9 Å². The molecule has 0 saturated carbocycles. The highest BCUT2D eigenvalue weighted by atomic mass is 32.1. The molecule has 0 aliphatic carbocycles. The molecule has 1 rings (SSSR count). The quantitative estimate of drug-likeness (QED) is 0.717. The summed E-state index contributed by atoms with van der Waals surface area (Å²) in [5.74, 6) is 0.631. The fourth-order valence-corrected chi connectivity index (χ4v) is 1.25. The zero-order valence-electron chi connectivity index (χ0n) is 9.23. The molecule has 0 unspecified atom stereocenters. The average Bonchev–Trinajstić information content (AvgIpc) is 2.28. The molecule has 1 aromatic heterocycles. The van der Waals surface area contributed by atoms with Gasteiger partial charge in [-0.25, -0.2) is 4.98 Å². The van der Waals surface area contributed by atoms with Crippen molar-refractivity contribution >= 4 is 28.9 Å². The van der Waals surface area contributed by atoms with Crippen LogP contribution in [0, 0.1) is 0 Å². The molecule has 16 heavy (non-hydrogen) atoms. The van der Waals surface area contributed by atoms with E-state index in [9.17, 15) is 4.79 Å². The molecule has 0 radical (unpaired) electrons. The molecule has 0 atom stereocenters. The minimum absolute atomic E-state index is 0.0669. The van der Waals surface area contributed by atoms with Crippen LogP contribution in [0.15, 0.2) is 18.3 Å². The van der Waals surface area contributed by atoms with Gasteiger partial charge >= 0.3 is 0 Å². The first-order chi connectivity index (χ1) is 7.54. The van der Waals surface area contributed by atoms with Gasteiger partial charge in [-0.05, 0) is 12.1 Å². The van der Waals surface area contributed by atoms with Crippen molar-refractivity contribution in [1.29, 1.82) is 0 Å². The maximum Gasteiger partial charge on any atom is 0.239 e. The Labute approximate surface area is 99.6 Å². The molecule has 3 N–H and O–H groups in total. The number of carbonyl (C=O) groups excluding carboxylic acids is 1. The number of aromatic nitrogens is 1. The smallest absolute Gasteiger partial charge is 0.239 e. The lowest BCUT2D eigenvalue weighted by atomic mass is 10.3. The number of rotatable bonds is 4. The lowest BCUT2D eigenvalue weighted by Gasteiger charge is -2.16. The summed E-state index contributed by atoms with van der Waals surface area (Å²) < 4.78 is 0. The Kier molecular flexibility index (Phi) is 4.19. The van der Waals surface area contributed by atoms with E-state index in [0.29, 0.717) is 16.4 Å². The molecule has 0 bridgehead atoms. The molecule has 5 nitrogen and oxygen atoms in total. The molecule has 1 heterocycles. The van der Waals surface area contributed by atoms with Crippen LogP contribution in [0.1, 0.15) is 5.56 Å². The lowest BCUT2D eigenvalue weighted by Crippen LogP contribution is -2.33. The van der Waals surface area contributed by atoms with Gasteiger partial charge in [0.1, 0.15) is 10.8 Å². The third-order valence-corrected chi connectivity index (χ3v) is 2.32. The van der Waals surface area contributed by atoms with E-state index in [0.717, 1.165) is 0 Å². The number of anilines is 1. The number of carbonyl (C=O) groups is 1. The summed E-state index contributed by atoms with van der Waals surface area (Å²) in [5.41, 5.74) is 6.17.